The van der Waals surface area contributed by atoms with Crippen molar-refractivity contribution < 1.29 is 19.1 Å². The van der Waals surface area contributed by atoms with Gasteiger partial charge in [-0.25, -0.2) is 0 Å². The van der Waals surface area contributed by atoms with E-state index in [4.69, 9.17) is 9.47 Å². The van der Waals surface area contributed by atoms with E-state index in [0.717, 1.165) is 21.9 Å². The third-order valence-electron chi connectivity index (χ3n) is 6.58. The highest BCUT2D eigenvalue weighted by Crippen LogP contribution is 2.31. The van der Waals surface area contributed by atoms with E-state index >= 15 is 0 Å². The van der Waals surface area contributed by atoms with Gasteiger partial charge < -0.3 is 19.7 Å². The van der Waals surface area contributed by atoms with Crippen LogP contribution in [-0.2, 0) is 4.79 Å². The first-order chi connectivity index (χ1) is 16.9. The molecule has 1 fully saturated rings. The number of nitrogens with zero attached hydrogens (tertiary/aromatic N) is 1. The van der Waals surface area contributed by atoms with E-state index in [0.29, 0.717) is 37.4 Å². The minimum absolute atomic E-state index is 0.0243. The SMILES string of the molecule is COc1cc(C(C)NC(=O)C2CCN(C(=O)c3cccc4ccccc34)CC2)ccc1OC(C)C. The van der Waals surface area contributed by atoms with Crippen LogP contribution in [0.5, 0.6) is 11.5 Å². The van der Waals surface area contributed by atoms with E-state index in [1.807, 2.05) is 86.3 Å². The molecule has 3 aromatic carbocycles. The van der Waals surface area contributed by atoms with Crippen LogP contribution in [0.25, 0.3) is 10.8 Å². The average Bonchev–Trinajstić information content (AvgIpc) is 2.87. The number of piperidine rings is 1. The van der Waals surface area contributed by atoms with Crippen molar-refractivity contribution in [2.45, 2.75) is 45.8 Å². The number of benzene rings is 3. The van der Waals surface area contributed by atoms with Gasteiger partial charge in [0.25, 0.3) is 5.91 Å². The van der Waals surface area contributed by atoms with E-state index in [2.05, 4.69) is 5.32 Å². The zero-order valence-electron chi connectivity index (χ0n) is 20.9. The topological polar surface area (TPSA) is 67.9 Å². The number of fused-ring (bicyclic) bond motifs is 1. The molecule has 0 aromatic heterocycles. The Hall–Kier alpha value is -3.54. The lowest BCUT2D eigenvalue weighted by molar-refractivity contribution is -0.127. The van der Waals surface area contributed by atoms with Gasteiger partial charge in [0, 0.05) is 24.6 Å². The summed E-state index contributed by atoms with van der Waals surface area (Å²) in [7, 11) is 1.61. The molecule has 1 N–H and O–H groups in total. The quantitative estimate of drug-likeness (QED) is 0.500. The van der Waals surface area contributed by atoms with E-state index in [1.165, 1.54) is 0 Å². The molecule has 2 amide bonds. The lowest BCUT2D eigenvalue weighted by Crippen LogP contribution is -2.43. The number of carbonyl (C=O) groups is 2. The molecule has 3 aromatic rings. The van der Waals surface area contributed by atoms with Crippen molar-refractivity contribution in [3.8, 4) is 11.5 Å². The molecular weight excluding hydrogens is 440 g/mol. The maximum atomic E-state index is 13.2. The number of hydrogen-bond acceptors (Lipinski definition) is 4. The normalized spacial score (nSPS) is 15.2. The number of ether oxygens (including phenoxy) is 2. The van der Waals surface area contributed by atoms with Crippen molar-refractivity contribution in [1.29, 1.82) is 0 Å². The lowest BCUT2D eigenvalue weighted by Gasteiger charge is -2.32. The van der Waals surface area contributed by atoms with Gasteiger partial charge in [-0.15, -0.1) is 0 Å². The lowest BCUT2D eigenvalue weighted by atomic mass is 9.94. The molecule has 1 unspecified atom stereocenters. The Morgan fingerprint density at radius 1 is 0.943 bits per heavy atom. The fourth-order valence-electron chi connectivity index (χ4n) is 4.65. The number of nitrogens with one attached hydrogen (secondary N) is 1. The van der Waals surface area contributed by atoms with Gasteiger partial charge in [0.1, 0.15) is 0 Å². The second-order valence-electron chi connectivity index (χ2n) is 9.40. The van der Waals surface area contributed by atoms with Crippen molar-refractivity contribution in [3.63, 3.8) is 0 Å². The highest BCUT2D eigenvalue weighted by molar-refractivity contribution is 6.07. The standard InChI is InChI=1S/C29H34N2O4/c1-19(2)35-26-13-12-23(18-27(26)34-4)20(3)30-28(32)22-14-16-31(17-15-22)29(33)25-11-7-9-21-8-5-6-10-24(21)25/h5-13,18-20,22H,14-17H2,1-4H3,(H,30,32). The van der Waals surface area contributed by atoms with E-state index < -0.39 is 0 Å². The second kappa shape index (κ2) is 10.8. The van der Waals surface area contributed by atoms with Gasteiger partial charge in [-0.3, -0.25) is 9.59 Å². The summed E-state index contributed by atoms with van der Waals surface area (Å²) in [6.07, 6.45) is 1.35. The van der Waals surface area contributed by atoms with Crippen LogP contribution in [0.1, 0.15) is 55.6 Å². The summed E-state index contributed by atoms with van der Waals surface area (Å²) in [5.74, 6) is 1.28. The number of likely N-dealkylation sites (tertiary alicyclic amines) is 1. The van der Waals surface area contributed by atoms with Crippen LogP contribution in [0.4, 0.5) is 0 Å². The van der Waals surface area contributed by atoms with Crippen LogP contribution in [0.3, 0.4) is 0 Å². The number of amides is 2. The number of methoxy groups -OCH3 is 1. The Morgan fingerprint density at radius 2 is 1.66 bits per heavy atom. The summed E-state index contributed by atoms with van der Waals surface area (Å²) in [6, 6.07) is 19.3. The summed E-state index contributed by atoms with van der Waals surface area (Å²) < 4.78 is 11.3. The summed E-state index contributed by atoms with van der Waals surface area (Å²) in [6.45, 7) is 7.05. The van der Waals surface area contributed by atoms with Crippen molar-refractivity contribution in [1.82, 2.24) is 10.2 Å². The fourth-order valence-corrected chi connectivity index (χ4v) is 4.65. The minimum atomic E-state index is -0.167. The van der Waals surface area contributed by atoms with Gasteiger partial charge in [0.05, 0.1) is 19.3 Å². The van der Waals surface area contributed by atoms with Crippen LogP contribution >= 0.6 is 0 Å². The smallest absolute Gasteiger partial charge is 0.254 e. The fraction of sp³-hybridized carbons (Fsp3) is 0.379. The predicted octanol–water partition coefficient (Wildman–Crippen LogP) is 5.37. The summed E-state index contributed by atoms with van der Waals surface area (Å²) in [4.78, 5) is 28.1. The van der Waals surface area contributed by atoms with Gasteiger partial charge in [-0.2, -0.15) is 0 Å². The molecule has 1 saturated heterocycles. The first-order valence-corrected chi connectivity index (χ1v) is 12.3. The summed E-state index contributed by atoms with van der Waals surface area (Å²) in [5, 5.41) is 5.16. The van der Waals surface area contributed by atoms with E-state index in [1.54, 1.807) is 7.11 Å². The Labute approximate surface area is 207 Å². The van der Waals surface area contributed by atoms with Crippen LogP contribution in [0.15, 0.2) is 60.7 Å². The molecular formula is C29H34N2O4. The van der Waals surface area contributed by atoms with Crippen LogP contribution in [-0.4, -0.2) is 43.0 Å². The van der Waals surface area contributed by atoms with Crippen molar-refractivity contribution in [2.24, 2.45) is 5.92 Å². The zero-order valence-corrected chi connectivity index (χ0v) is 20.9. The molecule has 6 nitrogen and oxygen atoms in total. The second-order valence-corrected chi connectivity index (χ2v) is 9.40. The van der Waals surface area contributed by atoms with Gasteiger partial charge in [-0.05, 0) is 68.1 Å². The Bertz CT molecular complexity index is 1190. The third kappa shape index (κ3) is 5.59. The first kappa shape index (κ1) is 24.6. The highest BCUT2D eigenvalue weighted by Gasteiger charge is 2.29. The van der Waals surface area contributed by atoms with Gasteiger partial charge in [-0.1, -0.05) is 42.5 Å². The average molecular weight is 475 g/mol. The Morgan fingerprint density at radius 3 is 2.37 bits per heavy atom. The van der Waals surface area contributed by atoms with Gasteiger partial charge in [0.2, 0.25) is 5.91 Å². The van der Waals surface area contributed by atoms with Gasteiger partial charge in [0.15, 0.2) is 11.5 Å². The number of rotatable bonds is 7. The summed E-state index contributed by atoms with van der Waals surface area (Å²) >= 11 is 0. The first-order valence-electron chi connectivity index (χ1n) is 12.3. The maximum absolute atomic E-state index is 13.2. The predicted molar refractivity (Wildman–Crippen MR) is 138 cm³/mol. The third-order valence-corrected chi connectivity index (χ3v) is 6.58. The molecule has 0 saturated carbocycles. The van der Waals surface area contributed by atoms with Gasteiger partial charge >= 0.3 is 0 Å². The van der Waals surface area contributed by atoms with Crippen molar-refractivity contribution in [2.75, 3.05) is 20.2 Å². The van der Waals surface area contributed by atoms with Crippen molar-refractivity contribution >= 4 is 22.6 Å². The monoisotopic (exact) mass is 474 g/mol. The molecule has 1 atom stereocenters. The molecule has 6 heteroatoms. The van der Waals surface area contributed by atoms with Crippen molar-refractivity contribution in [3.05, 3.63) is 71.8 Å². The molecule has 0 radical (unpaired) electrons. The van der Waals surface area contributed by atoms with Crippen LogP contribution < -0.4 is 14.8 Å². The van der Waals surface area contributed by atoms with Crippen LogP contribution in [0, 0.1) is 5.92 Å². The van der Waals surface area contributed by atoms with E-state index in [-0.39, 0.29) is 29.9 Å². The number of hydrogen-bond donors (Lipinski definition) is 1. The molecule has 184 valence electrons. The zero-order chi connectivity index (χ0) is 24.9. The molecule has 1 aliphatic rings. The molecule has 4 rings (SSSR count). The Balaban J connectivity index is 1.35. The Kier molecular flexibility index (Phi) is 7.59. The molecule has 1 heterocycles. The molecule has 35 heavy (non-hydrogen) atoms. The minimum Gasteiger partial charge on any atom is -0.493 e. The molecule has 0 bridgehead atoms. The highest BCUT2D eigenvalue weighted by atomic mass is 16.5. The molecule has 1 aliphatic heterocycles. The largest absolute Gasteiger partial charge is 0.493 e. The van der Waals surface area contributed by atoms with E-state index in [9.17, 15) is 9.59 Å². The maximum Gasteiger partial charge on any atom is 0.254 e. The number of carbonyl (C=O) groups excluding carboxylic acids is 2. The molecule has 0 spiro atoms. The van der Waals surface area contributed by atoms with Crippen LogP contribution in [0.2, 0.25) is 0 Å². The molecule has 0 aliphatic carbocycles. The summed E-state index contributed by atoms with van der Waals surface area (Å²) in [5.41, 5.74) is 1.67.